The van der Waals surface area contributed by atoms with Gasteiger partial charge in [0.05, 0.1) is 22.2 Å². The Morgan fingerprint density at radius 3 is 2.63 bits per heavy atom. The molecular formula is C24H17N3. The number of benzene rings is 2. The summed E-state index contributed by atoms with van der Waals surface area (Å²) in [6.45, 7) is 0. The number of aromatic nitrogens is 3. The number of nitrogens with zero attached hydrogens (tertiary/aromatic N) is 3. The van der Waals surface area contributed by atoms with Crippen molar-refractivity contribution < 1.29 is 0 Å². The molecule has 0 atom stereocenters. The molecule has 0 fully saturated rings. The van der Waals surface area contributed by atoms with Crippen molar-refractivity contribution in [2.24, 2.45) is 0 Å². The van der Waals surface area contributed by atoms with Gasteiger partial charge in [-0.1, -0.05) is 42.5 Å². The fourth-order valence-electron chi connectivity index (χ4n) is 4.27. The Labute approximate surface area is 156 Å². The molecule has 128 valence electrons. The zero-order valence-electron chi connectivity index (χ0n) is 14.8. The van der Waals surface area contributed by atoms with Crippen LogP contribution >= 0.6 is 0 Å². The van der Waals surface area contributed by atoms with Gasteiger partial charge < -0.3 is 0 Å². The Balaban J connectivity index is 1.72. The van der Waals surface area contributed by atoms with Gasteiger partial charge in [-0.3, -0.25) is 9.55 Å². The van der Waals surface area contributed by atoms with E-state index in [9.17, 15) is 0 Å². The zero-order chi connectivity index (χ0) is 17.8. The van der Waals surface area contributed by atoms with Crippen molar-refractivity contribution in [3.8, 4) is 5.82 Å². The molecule has 3 aromatic heterocycles. The summed E-state index contributed by atoms with van der Waals surface area (Å²) in [4.78, 5) is 9.67. The second-order valence-electron chi connectivity index (χ2n) is 7.04. The topological polar surface area (TPSA) is 30.7 Å². The number of allylic oxidation sites excluding steroid dienone is 1. The molecule has 3 nitrogen and oxygen atoms in total. The highest BCUT2D eigenvalue weighted by atomic mass is 15.1. The van der Waals surface area contributed by atoms with E-state index in [0.717, 1.165) is 40.5 Å². The predicted octanol–water partition coefficient (Wildman–Crippen LogP) is 5.69. The second kappa shape index (κ2) is 5.52. The van der Waals surface area contributed by atoms with Gasteiger partial charge in [0.1, 0.15) is 5.82 Å². The maximum absolute atomic E-state index is 5.07. The second-order valence-corrected chi connectivity index (χ2v) is 7.04. The van der Waals surface area contributed by atoms with Crippen LogP contribution in [0.2, 0.25) is 0 Å². The quantitative estimate of drug-likeness (QED) is 0.365. The van der Waals surface area contributed by atoms with Crippen molar-refractivity contribution in [1.29, 1.82) is 0 Å². The van der Waals surface area contributed by atoms with E-state index in [-0.39, 0.29) is 0 Å². The molecule has 6 rings (SSSR count). The van der Waals surface area contributed by atoms with E-state index in [4.69, 9.17) is 4.98 Å². The normalized spacial score (nSPS) is 13.5. The fraction of sp³-hybridized carbons (Fsp3) is 0.0833. The number of fused-ring (bicyclic) bond motifs is 6. The molecule has 0 amide bonds. The van der Waals surface area contributed by atoms with Crippen molar-refractivity contribution in [3.05, 3.63) is 84.2 Å². The molecule has 0 unspecified atom stereocenters. The Hall–Kier alpha value is -3.46. The fourth-order valence-corrected chi connectivity index (χ4v) is 4.27. The lowest BCUT2D eigenvalue weighted by Gasteiger charge is -2.12. The lowest BCUT2D eigenvalue weighted by Crippen LogP contribution is -2.02. The average molecular weight is 347 g/mol. The highest BCUT2D eigenvalue weighted by Gasteiger charge is 2.19. The largest absolute Gasteiger partial charge is 0.294 e. The maximum Gasteiger partial charge on any atom is 0.138 e. The molecule has 0 bridgehead atoms. The van der Waals surface area contributed by atoms with Crippen LogP contribution in [0, 0.1) is 0 Å². The highest BCUT2D eigenvalue weighted by molar-refractivity contribution is 6.03. The number of pyridine rings is 2. The molecule has 0 N–H and O–H groups in total. The van der Waals surface area contributed by atoms with Crippen molar-refractivity contribution in [1.82, 2.24) is 14.5 Å². The average Bonchev–Trinajstić information content (AvgIpc) is 3.08. The molecule has 27 heavy (non-hydrogen) atoms. The number of aryl methyl sites for hydroxylation is 1. The molecule has 5 aromatic rings. The predicted molar refractivity (Wildman–Crippen MR) is 111 cm³/mol. The van der Waals surface area contributed by atoms with E-state index in [1.165, 1.54) is 22.2 Å². The minimum atomic E-state index is 0.949. The third-order valence-electron chi connectivity index (χ3n) is 5.50. The van der Waals surface area contributed by atoms with Crippen LogP contribution in [-0.4, -0.2) is 14.5 Å². The van der Waals surface area contributed by atoms with Crippen LogP contribution < -0.4 is 0 Å². The molecule has 1 aliphatic rings. The van der Waals surface area contributed by atoms with Crippen molar-refractivity contribution in [2.75, 3.05) is 0 Å². The van der Waals surface area contributed by atoms with Gasteiger partial charge in [0.15, 0.2) is 0 Å². The summed E-state index contributed by atoms with van der Waals surface area (Å²) in [5.41, 5.74) is 5.80. The Bertz CT molecular complexity index is 1380. The van der Waals surface area contributed by atoms with Crippen LogP contribution in [-0.2, 0) is 6.42 Å². The zero-order valence-corrected chi connectivity index (χ0v) is 14.8. The van der Waals surface area contributed by atoms with Crippen LogP contribution in [0.25, 0.3) is 44.6 Å². The van der Waals surface area contributed by atoms with Crippen LogP contribution in [0.4, 0.5) is 0 Å². The van der Waals surface area contributed by atoms with Crippen LogP contribution in [0.15, 0.2) is 72.9 Å². The van der Waals surface area contributed by atoms with Gasteiger partial charge in [0.2, 0.25) is 0 Å². The summed E-state index contributed by atoms with van der Waals surface area (Å²) in [6, 6.07) is 21.2. The SMILES string of the molecule is C1=Cc2c(c3ccccc3n2-c2ccc3ccc4cccnc4c3n2)CC1. The van der Waals surface area contributed by atoms with Crippen LogP contribution in [0.1, 0.15) is 17.7 Å². The lowest BCUT2D eigenvalue weighted by atomic mass is 10.0. The van der Waals surface area contributed by atoms with E-state index >= 15 is 0 Å². The standard InChI is InChI=1S/C24H17N3/c1-3-9-20-18(7-1)19-8-2-4-10-21(19)27(20)22-14-13-17-12-11-16-6-5-15-25-23(16)24(17)26-22/h1,3-7,9-15H,2,8H2. The minimum Gasteiger partial charge on any atom is -0.294 e. The van der Waals surface area contributed by atoms with Gasteiger partial charge in [-0.25, -0.2) is 4.98 Å². The van der Waals surface area contributed by atoms with Gasteiger partial charge >= 0.3 is 0 Å². The van der Waals surface area contributed by atoms with Crippen molar-refractivity contribution in [2.45, 2.75) is 12.8 Å². The third kappa shape index (κ3) is 2.08. The summed E-state index contributed by atoms with van der Waals surface area (Å²) in [5.74, 6) is 0.949. The monoisotopic (exact) mass is 347 g/mol. The number of para-hydroxylation sites is 1. The van der Waals surface area contributed by atoms with Gasteiger partial charge in [-0.05, 0) is 48.7 Å². The first-order valence-electron chi connectivity index (χ1n) is 9.34. The van der Waals surface area contributed by atoms with Crippen LogP contribution in [0.5, 0.6) is 0 Å². The van der Waals surface area contributed by atoms with E-state index in [1.54, 1.807) is 0 Å². The van der Waals surface area contributed by atoms with E-state index in [1.807, 2.05) is 12.3 Å². The van der Waals surface area contributed by atoms with Gasteiger partial charge in [-0.15, -0.1) is 0 Å². The van der Waals surface area contributed by atoms with Crippen molar-refractivity contribution >= 4 is 38.8 Å². The third-order valence-corrected chi connectivity index (χ3v) is 5.50. The summed E-state index contributed by atoms with van der Waals surface area (Å²) >= 11 is 0. The minimum absolute atomic E-state index is 0.949. The molecule has 2 aromatic carbocycles. The summed E-state index contributed by atoms with van der Waals surface area (Å²) in [7, 11) is 0. The summed E-state index contributed by atoms with van der Waals surface area (Å²) < 4.78 is 2.29. The molecular weight excluding hydrogens is 330 g/mol. The molecule has 0 spiro atoms. The number of hydrogen-bond acceptors (Lipinski definition) is 2. The first kappa shape index (κ1) is 14.7. The molecule has 3 heterocycles. The maximum atomic E-state index is 5.07. The number of rotatable bonds is 1. The van der Waals surface area contributed by atoms with Crippen LogP contribution in [0.3, 0.4) is 0 Å². The Morgan fingerprint density at radius 1 is 0.815 bits per heavy atom. The highest BCUT2D eigenvalue weighted by Crippen LogP contribution is 2.34. The summed E-state index contributed by atoms with van der Waals surface area (Å²) in [5, 5.41) is 3.56. The summed E-state index contributed by atoms with van der Waals surface area (Å²) in [6.07, 6.45) is 8.52. The van der Waals surface area contributed by atoms with Gasteiger partial charge in [0.25, 0.3) is 0 Å². The molecule has 1 aliphatic carbocycles. The molecule has 0 saturated carbocycles. The lowest BCUT2D eigenvalue weighted by molar-refractivity contribution is 0.956. The number of hydrogen-bond donors (Lipinski definition) is 0. The molecule has 0 saturated heterocycles. The Kier molecular flexibility index (Phi) is 3.00. The van der Waals surface area contributed by atoms with E-state index in [0.29, 0.717) is 0 Å². The van der Waals surface area contributed by atoms with Gasteiger partial charge in [0, 0.05) is 22.4 Å². The molecule has 3 heteroatoms. The van der Waals surface area contributed by atoms with E-state index < -0.39 is 0 Å². The first-order chi connectivity index (χ1) is 13.4. The molecule has 0 radical (unpaired) electrons. The smallest absolute Gasteiger partial charge is 0.138 e. The van der Waals surface area contributed by atoms with E-state index in [2.05, 4.69) is 76.3 Å². The first-order valence-corrected chi connectivity index (χ1v) is 9.34. The van der Waals surface area contributed by atoms with Crippen molar-refractivity contribution in [3.63, 3.8) is 0 Å². The molecule has 0 aliphatic heterocycles. The van der Waals surface area contributed by atoms with Gasteiger partial charge in [-0.2, -0.15) is 0 Å². The Morgan fingerprint density at radius 2 is 1.67 bits per heavy atom.